The number of methoxy groups -OCH3 is 1. The molecule has 5 atom stereocenters. The van der Waals surface area contributed by atoms with Gasteiger partial charge in [0.15, 0.2) is 0 Å². The molecular weight excluding hydrogens is 675 g/mol. The van der Waals surface area contributed by atoms with Gasteiger partial charge in [0.2, 0.25) is 0 Å². The summed E-state index contributed by atoms with van der Waals surface area (Å²) in [4.78, 5) is 35.1. The Morgan fingerprint density at radius 3 is 1.82 bits per heavy atom. The fourth-order valence-corrected chi connectivity index (χ4v) is 4.84. The molecule has 1 aliphatic carbocycles. The van der Waals surface area contributed by atoms with Crippen molar-refractivity contribution in [3.63, 3.8) is 0 Å². The van der Waals surface area contributed by atoms with Crippen LogP contribution >= 0.6 is 6.72 Å². The second-order valence-corrected chi connectivity index (χ2v) is 12.0. The molecule has 2 rings (SSSR count). The molecule has 2 unspecified atom stereocenters. The van der Waals surface area contributed by atoms with Crippen LogP contribution in [0.15, 0.2) is 30.3 Å². The number of rotatable bonds is 9. The van der Waals surface area contributed by atoms with Crippen LogP contribution in [0.5, 0.6) is 0 Å². The molecular formula is C38H27N2O8PS. The normalized spacial score (nSPS) is 16.7. The standard InChI is InChI=1S/C38H27N2O8PS/c1-4-5-6-7-8-9-10-11-12-13-14-15-16-17-18-19-20-21-25-28-39-37(41)40-34-29-33(35(36(34)44-2)48-49(43,50)45-3)31-47-38(42)46-30-32-26-23-22-24-27-32/h22-24,26-27,33-36H,29-31H2,1-3H3,(H,43,50)(H2,39,40,41)/t33-,34-,35?,36-,49?/m1/s1. The molecule has 1 aliphatic rings. The molecule has 0 heterocycles. The number of carbonyl (C=O) groups is 2. The number of urea groups is 1. The highest BCUT2D eigenvalue weighted by Gasteiger charge is 2.48. The van der Waals surface area contributed by atoms with Crippen molar-refractivity contribution in [3.8, 4) is 119 Å². The lowest BCUT2D eigenvalue weighted by atomic mass is 10.1. The molecule has 10 nitrogen and oxygen atoms in total. The minimum absolute atomic E-state index is 0.0241. The highest BCUT2D eigenvalue weighted by molar-refractivity contribution is 8.07. The van der Waals surface area contributed by atoms with Crippen LogP contribution in [0.1, 0.15) is 18.9 Å². The van der Waals surface area contributed by atoms with E-state index in [0.717, 1.165) is 5.56 Å². The Morgan fingerprint density at radius 2 is 1.32 bits per heavy atom. The number of hydrogen-bond donors (Lipinski definition) is 3. The van der Waals surface area contributed by atoms with E-state index < -0.39 is 43.1 Å². The van der Waals surface area contributed by atoms with E-state index in [4.69, 9.17) is 35.1 Å². The lowest BCUT2D eigenvalue weighted by molar-refractivity contribution is -0.0254. The molecule has 1 saturated carbocycles. The molecule has 1 fully saturated rings. The van der Waals surface area contributed by atoms with E-state index in [2.05, 4.69) is 129 Å². The van der Waals surface area contributed by atoms with Gasteiger partial charge in [0, 0.05) is 85.4 Å². The van der Waals surface area contributed by atoms with Gasteiger partial charge in [-0.3, -0.25) is 5.32 Å². The van der Waals surface area contributed by atoms with Crippen molar-refractivity contribution in [1.82, 2.24) is 10.6 Å². The van der Waals surface area contributed by atoms with Crippen molar-refractivity contribution in [1.29, 1.82) is 0 Å². The quantitative estimate of drug-likeness (QED) is 0.154. The maximum absolute atomic E-state index is 12.5. The van der Waals surface area contributed by atoms with Crippen molar-refractivity contribution in [2.45, 2.75) is 38.2 Å². The van der Waals surface area contributed by atoms with Gasteiger partial charge in [-0.25, -0.2) is 9.59 Å². The average molecular weight is 703 g/mol. The third kappa shape index (κ3) is 17.1. The molecule has 0 aromatic heterocycles. The lowest BCUT2D eigenvalue weighted by Crippen LogP contribution is -2.47. The Kier molecular flexibility index (Phi) is 19.3. The third-order valence-electron chi connectivity index (χ3n) is 5.86. The van der Waals surface area contributed by atoms with Gasteiger partial charge in [-0.1, -0.05) is 36.3 Å². The zero-order valence-electron chi connectivity index (χ0n) is 27.0. The summed E-state index contributed by atoms with van der Waals surface area (Å²) < 4.78 is 26.6. The van der Waals surface area contributed by atoms with Crippen LogP contribution < -0.4 is 10.6 Å². The summed E-state index contributed by atoms with van der Waals surface area (Å²) in [7, 11) is 2.61. The first kappa shape index (κ1) is 40.0. The predicted molar refractivity (Wildman–Crippen MR) is 189 cm³/mol. The average Bonchev–Trinajstić information content (AvgIpc) is 3.43. The third-order valence-corrected chi connectivity index (χ3v) is 7.53. The molecule has 2 amide bonds. The van der Waals surface area contributed by atoms with Crippen molar-refractivity contribution in [2.24, 2.45) is 5.92 Å². The molecule has 0 aliphatic heterocycles. The maximum Gasteiger partial charge on any atom is 0.508 e. The fourth-order valence-electron chi connectivity index (χ4n) is 3.86. The van der Waals surface area contributed by atoms with Gasteiger partial charge in [-0.15, -0.1) is 0 Å². The van der Waals surface area contributed by atoms with E-state index in [1.807, 2.05) is 18.2 Å². The van der Waals surface area contributed by atoms with Crippen molar-refractivity contribution in [3.05, 3.63) is 35.9 Å². The van der Waals surface area contributed by atoms with Crippen LogP contribution in [0, 0.1) is 124 Å². The largest absolute Gasteiger partial charge is 0.508 e. The van der Waals surface area contributed by atoms with Crippen LogP contribution in [-0.4, -0.2) is 56.2 Å². The van der Waals surface area contributed by atoms with Crippen LogP contribution in [0.3, 0.4) is 0 Å². The topological polar surface area (TPSA) is 125 Å². The molecule has 248 valence electrons. The van der Waals surface area contributed by atoms with Gasteiger partial charge in [0.05, 0.1) is 6.04 Å². The molecule has 1 aromatic carbocycles. The minimum atomic E-state index is -3.65. The molecule has 3 N–H and O–H groups in total. The maximum atomic E-state index is 12.5. The molecule has 0 bridgehead atoms. The summed E-state index contributed by atoms with van der Waals surface area (Å²) in [5.74, 6) is 46.9. The number of ether oxygens (including phenoxy) is 3. The summed E-state index contributed by atoms with van der Waals surface area (Å²) >= 11 is 5.02. The molecule has 0 radical (unpaired) electrons. The SMILES string of the molecule is CC#CC#CC#CC#CC#CC#CC#CC#CC#CC#CNC(=O)N[C@@H]1C[C@H](COC(=O)OCc2ccccc2)C(OP(O)(=S)OC)[C@@H]1OC. The zero-order valence-corrected chi connectivity index (χ0v) is 28.7. The fraction of sp³-hybridized carbons (Fsp3) is 0.263. The summed E-state index contributed by atoms with van der Waals surface area (Å²) in [6.45, 7) is -2.12. The Hall–Kier alpha value is -6.15. The van der Waals surface area contributed by atoms with Crippen LogP contribution in [0.4, 0.5) is 9.59 Å². The highest BCUT2D eigenvalue weighted by atomic mass is 32.5. The Labute approximate surface area is 297 Å². The monoisotopic (exact) mass is 702 g/mol. The number of amides is 2. The second kappa shape index (κ2) is 24.1. The summed E-state index contributed by atoms with van der Waals surface area (Å²) in [6.07, 6.45) is -2.34. The van der Waals surface area contributed by atoms with E-state index >= 15 is 0 Å². The Bertz CT molecular complexity index is 2090. The molecule has 1 aromatic rings. The van der Waals surface area contributed by atoms with Crippen LogP contribution in [-0.2, 0) is 41.7 Å². The first-order chi connectivity index (χ1) is 24.3. The molecule has 0 saturated heterocycles. The van der Waals surface area contributed by atoms with Gasteiger partial charge in [-0.05, 0) is 78.1 Å². The molecule has 0 spiro atoms. The van der Waals surface area contributed by atoms with E-state index in [1.165, 1.54) is 14.2 Å². The first-order valence-electron chi connectivity index (χ1n) is 14.2. The summed E-state index contributed by atoms with van der Waals surface area (Å²) in [5.41, 5.74) is 0.786. The number of nitrogens with one attached hydrogen (secondary N) is 2. The van der Waals surface area contributed by atoms with Crippen LogP contribution in [0.25, 0.3) is 0 Å². The van der Waals surface area contributed by atoms with E-state index in [1.54, 1.807) is 19.1 Å². The molecule has 12 heteroatoms. The zero-order chi connectivity index (χ0) is 36.3. The smallest absolute Gasteiger partial charge is 0.434 e. The van der Waals surface area contributed by atoms with Gasteiger partial charge in [-0.2, -0.15) is 0 Å². The van der Waals surface area contributed by atoms with Crippen LogP contribution in [0.2, 0.25) is 0 Å². The van der Waals surface area contributed by atoms with Gasteiger partial charge in [0.25, 0.3) is 0 Å². The Morgan fingerprint density at radius 1 is 0.800 bits per heavy atom. The van der Waals surface area contributed by atoms with Gasteiger partial charge in [0.1, 0.15) is 25.4 Å². The van der Waals surface area contributed by atoms with Crippen molar-refractivity contribution < 1.29 is 37.7 Å². The number of benzene rings is 1. The van der Waals surface area contributed by atoms with E-state index in [9.17, 15) is 14.5 Å². The van der Waals surface area contributed by atoms with Gasteiger partial charge >= 0.3 is 18.9 Å². The van der Waals surface area contributed by atoms with Gasteiger partial charge < -0.3 is 33.5 Å². The van der Waals surface area contributed by atoms with E-state index in [0.29, 0.717) is 0 Å². The minimum Gasteiger partial charge on any atom is -0.434 e. The highest BCUT2D eigenvalue weighted by Crippen LogP contribution is 2.48. The first-order valence-corrected chi connectivity index (χ1v) is 16.8. The number of carbonyl (C=O) groups excluding carboxylic acids is 2. The summed E-state index contributed by atoms with van der Waals surface area (Å²) in [5, 5.41) is 5.07. The second-order valence-electron chi connectivity index (χ2n) is 9.08. The van der Waals surface area contributed by atoms with Crippen molar-refractivity contribution >= 4 is 30.7 Å². The Balaban J connectivity index is 1.89. The molecule has 50 heavy (non-hydrogen) atoms. The lowest BCUT2D eigenvalue weighted by Gasteiger charge is -2.28. The predicted octanol–water partition coefficient (Wildman–Crippen LogP) is 2.30. The van der Waals surface area contributed by atoms with Crippen molar-refractivity contribution in [2.75, 3.05) is 20.8 Å². The number of hydrogen-bond acceptors (Lipinski definition) is 8. The van der Waals surface area contributed by atoms with E-state index in [-0.39, 0.29) is 19.6 Å². The summed E-state index contributed by atoms with van der Waals surface area (Å²) in [6, 6.07) is 10.2.